The molecular formula is C42H38FN3O8. The van der Waals surface area contributed by atoms with Gasteiger partial charge in [0.05, 0.1) is 35.2 Å². The van der Waals surface area contributed by atoms with Gasteiger partial charge in [-0.05, 0) is 120 Å². The Morgan fingerprint density at radius 3 is 1.61 bits per heavy atom. The standard InChI is InChI=1S/C24H22N2O4.C18H16FNO4/c1-30-24(27)21-15-18(17-8-9-17)10-11-19(21)13-16-7-12-22(23(14-16)26(28)29)25-20-5-3-2-4-6-20;1-24-18(21)15-10-13(12-3-4-12)5-6-14(15)8-11-2-7-16(19)17(9-11)20(22)23/h2-7,10-12,14-15,17,25H,8-9,13H2,1H3;2,5-7,9-10,12H,3-4,8H2,1H3. The fourth-order valence-electron chi connectivity index (χ4n) is 6.31. The summed E-state index contributed by atoms with van der Waals surface area (Å²) in [4.78, 5) is 45.7. The number of anilines is 2. The van der Waals surface area contributed by atoms with Crippen LogP contribution in [0.4, 0.5) is 27.1 Å². The number of carbonyl (C=O) groups is 2. The predicted molar refractivity (Wildman–Crippen MR) is 201 cm³/mol. The summed E-state index contributed by atoms with van der Waals surface area (Å²) < 4.78 is 23.3. The summed E-state index contributed by atoms with van der Waals surface area (Å²) in [7, 11) is 2.68. The van der Waals surface area contributed by atoms with E-state index in [1.54, 1.807) is 12.1 Å². The number of benzene rings is 5. The minimum Gasteiger partial charge on any atom is -0.465 e. The Morgan fingerprint density at radius 2 is 1.15 bits per heavy atom. The van der Waals surface area contributed by atoms with Gasteiger partial charge in [-0.1, -0.05) is 54.6 Å². The fraction of sp³-hybridized carbons (Fsp3) is 0.238. The number of methoxy groups -OCH3 is 2. The van der Waals surface area contributed by atoms with E-state index in [2.05, 4.69) is 5.32 Å². The number of nitro groups is 2. The van der Waals surface area contributed by atoms with E-state index in [4.69, 9.17) is 9.47 Å². The van der Waals surface area contributed by atoms with E-state index in [0.717, 1.165) is 59.7 Å². The molecule has 0 heterocycles. The van der Waals surface area contributed by atoms with Gasteiger partial charge in [0.1, 0.15) is 5.69 Å². The maximum absolute atomic E-state index is 13.5. The minimum absolute atomic E-state index is 0.00873. The smallest absolute Gasteiger partial charge is 0.338 e. The Morgan fingerprint density at radius 1 is 0.667 bits per heavy atom. The minimum atomic E-state index is -0.874. The maximum atomic E-state index is 13.5. The van der Waals surface area contributed by atoms with Crippen LogP contribution in [0.1, 0.15) is 91.6 Å². The topological polar surface area (TPSA) is 151 Å². The highest BCUT2D eigenvalue weighted by Crippen LogP contribution is 2.42. The Labute approximate surface area is 311 Å². The van der Waals surface area contributed by atoms with Crippen molar-refractivity contribution in [2.45, 2.75) is 50.4 Å². The van der Waals surface area contributed by atoms with Crippen molar-refractivity contribution >= 4 is 34.7 Å². The quantitative estimate of drug-likeness (QED) is 0.0751. The number of hydrogen-bond donors (Lipinski definition) is 1. The third-order valence-electron chi connectivity index (χ3n) is 9.48. The lowest BCUT2D eigenvalue weighted by Crippen LogP contribution is -2.07. The van der Waals surface area contributed by atoms with Crippen LogP contribution in [0.5, 0.6) is 0 Å². The first-order chi connectivity index (χ1) is 26.0. The molecule has 2 saturated carbocycles. The van der Waals surface area contributed by atoms with Gasteiger partial charge in [-0.2, -0.15) is 4.39 Å². The number of halogens is 1. The van der Waals surface area contributed by atoms with Crippen molar-refractivity contribution < 1.29 is 33.3 Å². The molecule has 0 radical (unpaired) electrons. The lowest BCUT2D eigenvalue weighted by Gasteiger charge is -2.12. The van der Waals surface area contributed by atoms with Crippen molar-refractivity contribution in [3.05, 3.63) is 174 Å². The summed E-state index contributed by atoms with van der Waals surface area (Å²) >= 11 is 0. The van der Waals surface area contributed by atoms with Crippen molar-refractivity contribution in [1.29, 1.82) is 0 Å². The summed E-state index contributed by atoms with van der Waals surface area (Å²) in [5, 5.41) is 25.6. The molecule has 2 aliphatic rings. The second-order valence-electron chi connectivity index (χ2n) is 13.4. The van der Waals surface area contributed by atoms with Crippen LogP contribution in [0.2, 0.25) is 0 Å². The van der Waals surface area contributed by atoms with E-state index >= 15 is 0 Å². The Kier molecular flexibility index (Phi) is 11.4. The molecule has 0 aromatic heterocycles. The number of nitrogens with one attached hydrogen (secondary N) is 1. The van der Waals surface area contributed by atoms with Gasteiger partial charge in [0.2, 0.25) is 5.82 Å². The van der Waals surface area contributed by atoms with Crippen LogP contribution in [0.15, 0.2) is 103 Å². The Hall–Kier alpha value is -6.43. The van der Waals surface area contributed by atoms with E-state index in [0.29, 0.717) is 46.2 Å². The molecule has 276 valence electrons. The normalized spacial score (nSPS) is 13.2. The average Bonchev–Trinajstić information content (AvgIpc) is 4.11. The van der Waals surface area contributed by atoms with Gasteiger partial charge in [0.15, 0.2) is 0 Å². The van der Waals surface area contributed by atoms with Crippen molar-refractivity contribution in [3.8, 4) is 0 Å². The van der Waals surface area contributed by atoms with E-state index in [-0.39, 0.29) is 18.1 Å². The largest absolute Gasteiger partial charge is 0.465 e. The van der Waals surface area contributed by atoms with Crippen LogP contribution in [0.25, 0.3) is 0 Å². The molecule has 5 aromatic rings. The zero-order valence-electron chi connectivity index (χ0n) is 29.8. The van der Waals surface area contributed by atoms with Gasteiger partial charge in [-0.15, -0.1) is 0 Å². The lowest BCUT2D eigenvalue weighted by molar-refractivity contribution is -0.387. The van der Waals surface area contributed by atoms with Crippen molar-refractivity contribution in [3.63, 3.8) is 0 Å². The molecule has 5 aromatic carbocycles. The fourth-order valence-corrected chi connectivity index (χ4v) is 6.31. The molecule has 0 spiro atoms. The van der Waals surface area contributed by atoms with Crippen LogP contribution < -0.4 is 5.32 Å². The molecule has 1 N–H and O–H groups in total. The first-order valence-corrected chi connectivity index (χ1v) is 17.5. The van der Waals surface area contributed by atoms with Crippen LogP contribution in [-0.2, 0) is 22.3 Å². The number of nitro benzene ring substituents is 2. The molecule has 0 saturated heterocycles. The molecule has 0 atom stereocenters. The van der Waals surface area contributed by atoms with Gasteiger partial charge in [-0.25, -0.2) is 9.59 Å². The van der Waals surface area contributed by atoms with Gasteiger partial charge >= 0.3 is 17.6 Å². The van der Waals surface area contributed by atoms with Gasteiger partial charge < -0.3 is 14.8 Å². The number of esters is 2. The molecule has 0 unspecified atom stereocenters. The number of ether oxygens (including phenoxy) is 2. The number of para-hydroxylation sites is 1. The summed E-state index contributed by atoms with van der Waals surface area (Å²) in [5.41, 5.74) is 6.66. The third-order valence-corrected chi connectivity index (χ3v) is 9.48. The zero-order valence-corrected chi connectivity index (χ0v) is 29.8. The predicted octanol–water partition coefficient (Wildman–Crippen LogP) is 9.58. The van der Waals surface area contributed by atoms with E-state index in [1.165, 1.54) is 26.4 Å². The second kappa shape index (κ2) is 16.5. The second-order valence-corrected chi connectivity index (χ2v) is 13.4. The van der Waals surface area contributed by atoms with Crippen LogP contribution in [0, 0.1) is 26.0 Å². The van der Waals surface area contributed by atoms with E-state index in [9.17, 15) is 34.2 Å². The highest BCUT2D eigenvalue weighted by molar-refractivity contribution is 5.92. The SMILES string of the molecule is COC(=O)c1cc(C2CC2)ccc1Cc1ccc(F)c([N+](=O)[O-])c1.COC(=O)c1cc(C2CC2)ccc1Cc1ccc(Nc2ccccc2)c([N+](=O)[O-])c1. The molecule has 0 bridgehead atoms. The van der Waals surface area contributed by atoms with E-state index in [1.807, 2.05) is 72.8 Å². The van der Waals surface area contributed by atoms with Gasteiger partial charge in [-0.3, -0.25) is 20.2 Å². The molecule has 0 aliphatic heterocycles. The molecule has 2 aliphatic carbocycles. The number of carbonyl (C=O) groups excluding carboxylic acids is 2. The van der Waals surface area contributed by atoms with Crippen LogP contribution in [0.3, 0.4) is 0 Å². The molecule has 54 heavy (non-hydrogen) atoms. The number of nitrogens with zero attached hydrogens (tertiary/aromatic N) is 2. The third kappa shape index (κ3) is 9.13. The van der Waals surface area contributed by atoms with Crippen molar-refractivity contribution in [2.75, 3.05) is 19.5 Å². The Bertz CT molecular complexity index is 2220. The van der Waals surface area contributed by atoms with E-state index < -0.39 is 27.3 Å². The summed E-state index contributed by atoms with van der Waals surface area (Å²) in [6.07, 6.45) is 5.20. The lowest BCUT2D eigenvalue weighted by atomic mass is 9.96. The number of rotatable bonds is 12. The highest BCUT2D eigenvalue weighted by atomic mass is 19.1. The number of hydrogen-bond acceptors (Lipinski definition) is 9. The van der Waals surface area contributed by atoms with Crippen molar-refractivity contribution in [2.24, 2.45) is 0 Å². The summed E-state index contributed by atoms with van der Waals surface area (Å²) in [6, 6.07) is 29.7. The summed E-state index contributed by atoms with van der Waals surface area (Å²) in [5.74, 6) is -0.684. The summed E-state index contributed by atoms with van der Waals surface area (Å²) in [6.45, 7) is 0. The maximum Gasteiger partial charge on any atom is 0.338 e. The first kappa shape index (κ1) is 37.3. The molecule has 12 heteroatoms. The molecule has 7 rings (SSSR count). The first-order valence-electron chi connectivity index (χ1n) is 17.5. The molecule has 11 nitrogen and oxygen atoms in total. The van der Waals surface area contributed by atoms with Gasteiger partial charge in [0.25, 0.3) is 5.69 Å². The van der Waals surface area contributed by atoms with Crippen molar-refractivity contribution in [1.82, 2.24) is 0 Å². The molecular weight excluding hydrogens is 693 g/mol. The molecule has 0 amide bonds. The average molecular weight is 732 g/mol. The van der Waals surface area contributed by atoms with Gasteiger partial charge in [0, 0.05) is 17.8 Å². The van der Waals surface area contributed by atoms with Crippen LogP contribution >= 0.6 is 0 Å². The molecule has 2 fully saturated rings. The zero-order chi connectivity index (χ0) is 38.4. The monoisotopic (exact) mass is 731 g/mol. The van der Waals surface area contributed by atoms with Crippen LogP contribution in [-0.4, -0.2) is 36.0 Å². The Balaban J connectivity index is 0.000000189. The highest BCUT2D eigenvalue weighted by Gasteiger charge is 2.27.